The van der Waals surface area contributed by atoms with Gasteiger partial charge in [-0.3, -0.25) is 4.79 Å². The Balaban J connectivity index is 2.01. The van der Waals surface area contributed by atoms with Crippen LogP contribution in [0.25, 0.3) is 11.3 Å². The minimum absolute atomic E-state index is 0.116. The third-order valence-corrected chi connectivity index (χ3v) is 4.58. The zero-order chi connectivity index (χ0) is 20.1. The Kier molecular flexibility index (Phi) is 6.16. The summed E-state index contributed by atoms with van der Waals surface area (Å²) in [7, 11) is -1.79. The third-order valence-electron chi connectivity index (χ3n) is 4.00. The van der Waals surface area contributed by atoms with Crippen molar-refractivity contribution in [1.29, 1.82) is 5.26 Å². The molecule has 0 unspecified atom stereocenters. The van der Waals surface area contributed by atoms with E-state index in [0.717, 1.165) is 5.56 Å². The first kappa shape index (κ1) is 19.7. The van der Waals surface area contributed by atoms with E-state index in [9.17, 15) is 20.1 Å². The largest absolute Gasteiger partial charge is 0.492 e. The predicted octanol–water partition coefficient (Wildman–Crippen LogP) is 1.29. The first-order valence-corrected chi connectivity index (χ1v) is 9.51. The molecule has 1 heterocycles. The molecular weight excluding hydrogens is 377 g/mol. The molecule has 9 heteroatoms. The molecule has 140 valence electrons. The van der Waals surface area contributed by atoms with Crippen molar-refractivity contribution in [2.45, 2.75) is 11.8 Å². The van der Waals surface area contributed by atoms with Crippen LogP contribution < -0.4 is 15.8 Å². The van der Waals surface area contributed by atoms with E-state index < -0.39 is 12.7 Å². The van der Waals surface area contributed by atoms with Gasteiger partial charge in [0.1, 0.15) is 24.0 Å². The Labute approximate surface area is 165 Å². The zero-order valence-electron chi connectivity index (χ0n) is 14.9. The number of aromatic amines is 1. The molecule has 0 bridgehead atoms. The van der Waals surface area contributed by atoms with Crippen LogP contribution in [0.15, 0.2) is 58.5 Å². The lowest BCUT2D eigenvalue weighted by molar-refractivity contribution is 0.306. The molecular formula is C19H16BN3O4S. The van der Waals surface area contributed by atoms with E-state index in [4.69, 9.17) is 4.74 Å². The summed E-state index contributed by atoms with van der Waals surface area (Å²) in [5.74, 6) is 0.288. The fourth-order valence-electron chi connectivity index (χ4n) is 2.63. The number of nitrogens with zero attached hydrogens (tertiary/aromatic N) is 2. The van der Waals surface area contributed by atoms with Crippen LogP contribution in [0.1, 0.15) is 11.1 Å². The van der Waals surface area contributed by atoms with Gasteiger partial charge in [-0.15, -0.1) is 0 Å². The molecule has 0 atom stereocenters. The molecule has 3 rings (SSSR count). The number of nitrogens with one attached hydrogen (secondary N) is 1. The highest BCUT2D eigenvalue weighted by Crippen LogP contribution is 2.23. The van der Waals surface area contributed by atoms with Gasteiger partial charge in [0.2, 0.25) is 0 Å². The lowest BCUT2D eigenvalue weighted by Crippen LogP contribution is -2.31. The highest BCUT2D eigenvalue weighted by Gasteiger charge is 2.21. The Bertz CT molecular complexity index is 1080. The number of benzene rings is 2. The number of nitriles is 1. The van der Waals surface area contributed by atoms with Gasteiger partial charge in [0.25, 0.3) is 5.56 Å². The summed E-state index contributed by atoms with van der Waals surface area (Å²) in [6.07, 6.45) is 1.75. The SMILES string of the molecule is CSc1nc(-c2ccc(OCc3ccccc3)c(B(O)O)c2)c(C#N)c(=O)[nH]1. The van der Waals surface area contributed by atoms with E-state index in [1.807, 2.05) is 36.4 Å². The molecule has 0 saturated heterocycles. The minimum Gasteiger partial charge on any atom is -0.489 e. The van der Waals surface area contributed by atoms with Gasteiger partial charge in [0, 0.05) is 11.0 Å². The monoisotopic (exact) mass is 393 g/mol. The molecule has 3 aromatic rings. The molecule has 0 saturated carbocycles. The fourth-order valence-corrected chi connectivity index (χ4v) is 3.00. The quantitative estimate of drug-likeness (QED) is 0.328. The van der Waals surface area contributed by atoms with Gasteiger partial charge in [0.05, 0.1) is 5.69 Å². The number of thioether (sulfide) groups is 1. The maximum atomic E-state index is 12.1. The zero-order valence-corrected chi connectivity index (χ0v) is 15.7. The molecule has 0 amide bonds. The fraction of sp³-hybridized carbons (Fsp3) is 0.105. The van der Waals surface area contributed by atoms with Crippen LogP contribution in [0.2, 0.25) is 0 Å². The molecule has 3 N–H and O–H groups in total. The first-order chi connectivity index (χ1) is 13.5. The van der Waals surface area contributed by atoms with E-state index in [-0.39, 0.29) is 29.1 Å². The molecule has 1 aromatic heterocycles. The van der Waals surface area contributed by atoms with Crippen molar-refractivity contribution in [3.05, 3.63) is 70.0 Å². The number of H-pyrrole nitrogens is 1. The van der Waals surface area contributed by atoms with E-state index in [0.29, 0.717) is 10.7 Å². The van der Waals surface area contributed by atoms with Gasteiger partial charge in [-0.1, -0.05) is 42.1 Å². The molecule has 0 fully saturated rings. The lowest BCUT2D eigenvalue weighted by Gasteiger charge is -2.13. The molecule has 28 heavy (non-hydrogen) atoms. The highest BCUT2D eigenvalue weighted by atomic mass is 32.2. The summed E-state index contributed by atoms with van der Waals surface area (Å²) < 4.78 is 5.72. The molecule has 0 aliphatic rings. The summed E-state index contributed by atoms with van der Waals surface area (Å²) in [5.41, 5.74) is 0.935. The third kappa shape index (κ3) is 4.26. The van der Waals surface area contributed by atoms with Crippen LogP contribution >= 0.6 is 11.8 Å². The van der Waals surface area contributed by atoms with Crippen LogP contribution in [-0.2, 0) is 6.61 Å². The van der Waals surface area contributed by atoms with Crippen LogP contribution in [-0.4, -0.2) is 33.4 Å². The summed E-state index contributed by atoms with van der Waals surface area (Å²) >= 11 is 1.23. The van der Waals surface area contributed by atoms with E-state index >= 15 is 0 Å². The lowest BCUT2D eigenvalue weighted by atomic mass is 9.78. The molecule has 0 aliphatic carbocycles. The number of rotatable bonds is 6. The standard InChI is InChI=1S/C19H16BN3O4S/c1-28-19-22-17(14(10-21)18(24)23-19)13-7-8-16(15(9-13)20(25)26)27-11-12-5-3-2-4-6-12/h2-9,25-26H,11H2,1H3,(H,22,23,24). The summed E-state index contributed by atoms with van der Waals surface area (Å²) in [5, 5.41) is 29.2. The van der Waals surface area contributed by atoms with Crippen molar-refractivity contribution in [2.24, 2.45) is 0 Å². The Morgan fingerprint density at radius 2 is 2.00 bits per heavy atom. The van der Waals surface area contributed by atoms with E-state index in [1.165, 1.54) is 17.8 Å². The van der Waals surface area contributed by atoms with E-state index in [2.05, 4.69) is 9.97 Å². The molecule has 0 spiro atoms. The Morgan fingerprint density at radius 3 is 2.64 bits per heavy atom. The molecule has 7 nitrogen and oxygen atoms in total. The highest BCUT2D eigenvalue weighted by molar-refractivity contribution is 7.98. The average Bonchev–Trinajstić information content (AvgIpc) is 2.72. The van der Waals surface area contributed by atoms with Gasteiger partial charge >= 0.3 is 7.12 Å². The van der Waals surface area contributed by atoms with Crippen LogP contribution in [0.5, 0.6) is 5.75 Å². The summed E-state index contributed by atoms with van der Waals surface area (Å²) in [6, 6.07) is 16.0. The second kappa shape index (κ2) is 8.76. The second-order valence-corrected chi connectivity index (χ2v) is 6.61. The second-order valence-electron chi connectivity index (χ2n) is 5.81. The maximum absolute atomic E-state index is 12.1. The Hall–Kier alpha value is -3.06. The maximum Gasteiger partial charge on any atom is 0.492 e. The minimum atomic E-state index is -1.79. The van der Waals surface area contributed by atoms with Gasteiger partial charge in [-0.05, 0) is 30.0 Å². The summed E-state index contributed by atoms with van der Waals surface area (Å²) in [4.78, 5) is 18.9. The topological polar surface area (TPSA) is 119 Å². The van der Waals surface area contributed by atoms with Gasteiger partial charge in [0.15, 0.2) is 5.16 Å². The van der Waals surface area contributed by atoms with Crippen molar-refractivity contribution in [2.75, 3.05) is 6.26 Å². The predicted molar refractivity (Wildman–Crippen MR) is 107 cm³/mol. The molecule has 0 radical (unpaired) electrons. The number of ether oxygens (including phenoxy) is 1. The Morgan fingerprint density at radius 1 is 1.25 bits per heavy atom. The summed E-state index contributed by atoms with van der Waals surface area (Å²) in [6.45, 7) is 0.253. The molecule has 0 aliphatic heterocycles. The normalized spacial score (nSPS) is 10.4. The van der Waals surface area contributed by atoms with Crippen molar-refractivity contribution in [3.8, 4) is 23.1 Å². The van der Waals surface area contributed by atoms with Gasteiger partial charge < -0.3 is 19.8 Å². The van der Waals surface area contributed by atoms with Gasteiger partial charge in [-0.25, -0.2) is 4.98 Å². The van der Waals surface area contributed by atoms with Gasteiger partial charge in [-0.2, -0.15) is 5.26 Å². The first-order valence-electron chi connectivity index (χ1n) is 8.29. The van der Waals surface area contributed by atoms with Crippen LogP contribution in [0, 0.1) is 11.3 Å². The number of hydrogen-bond acceptors (Lipinski definition) is 7. The van der Waals surface area contributed by atoms with Crippen molar-refractivity contribution < 1.29 is 14.8 Å². The van der Waals surface area contributed by atoms with Crippen LogP contribution in [0.4, 0.5) is 0 Å². The smallest absolute Gasteiger partial charge is 0.489 e. The van der Waals surface area contributed by atoms with E-state index in [1.54, 1.807) is 18.4 Å². The van der Waals surface area contributed by atoms with Crippen molar-refractivity contribution in [3.63, 3.8) is 0 Å². The van der Waals surface area contributed by atoms with Crippen LogP contribution in [0.3, 0.4) is 0 Å². The average molecular weight is 393 g/mol. The number of aromatic nitrogens is 2. The number of hydrogen-bond donors (Lipinski definition) is 3. The van der Waals surface area contributed by atoms with Crippen molar-refractivity contribution in [1.82, 2.24) is 9.97 Å². The van der Waals surface area contributed by atoms with Crippen molar-refractivity contribution >= 4 is 24.3 Å². The molecule has 2 aromatic carbocycles.